The van der Waals surface area contributed by atoms with E-state index in [2.05, 4.69) is 26.1 Å². The SMILES string of the molecule is Cl.NC1(c2noc(-c3cc(Br)cs3)n2)CCC1. The molecule has 92 valence electrons. The van der Waals surface area contributed by atoms with Crippen molar-refractivity contribution in [3.05, 3.63) is 21.7 Å². The fourth-order valence-electron chi connectivity index (χ4n) is 1.73. The number of rotatable bonds is 2. The number of hydrogen-bond donors (Lipinski definition) is 1. The van der Waals surface area contributed by atoms with Crippen molar-refractivity contribution in [1.82, 2.24) is 10.1 Å². The lowest BCUT2D eigenvalue weighted by Gasteiger charge is -2.34. The van der Waals surface area contributed by atoms with Gasteiger partial charge in [0.15, 0.2) is 5.82 Å². The lowest BCUT2D eigenvalue weighted by molar-refractivity contribution is 0.229. The van der Waals surface area contributed by atoms with Crippen LogP contribution in [0.5, 0.6) is 0 Å². The predicted molar refractivity (Wildman–Crippen MR) is 72.3 cm³/mol. The average Bonchev–Trinajstić information content (AvgIpc) is 2.82. The Morgan fingerprint density at radius 3 is 2.76 bits per heavy atom. The Labute approximate surface area is 117 Å². The van der Waals surface area contributed by atoms with Crippen molar-refractivity contribution in [3.8, 4) is 10.8 Å². The van der Waals surface area contributed by atoms with E-state index in [0.29, 0.717) is 11.7 Å². The van der Waals surface area contributed by atoms with Gasteiger partial charge in [0.1, 0.15) is 0 Å². The Hall–Kier alpha value is -0.430. The van der Waals surface area contributed by atoms with E-state index in [1.54, 1.807) is 11.3 Å². The van der Waals surface area contributed by atoms with Crippen LogP contribution in [0.15, 0.2) is 20.4 Å². The minimum atomic E-state index is -0.351. The molecule has 2 aromatic rings. The van der Waals surface area contributed by atoms with E-state index in [-0.39, 0.29) is 17.9 Å². The van der Waals surface area contributed by atoms with Crippen LogP contribution in [0.2, 0.25) is 0 Å². The molecule has 0 atom stereocenters. The maximum absolute atomic E-state index is 6.13. The fourth-order valence-corrected chi connectivity index (χ4v) is 3.08. The highest BCUT2D eigenvalue weighted by Crippen LogP contribution is 2.38. The predicted octanol–water partition coefficient (Wildman–Crippen LogP) is 3.32. The minimum absolute atomic E-state index is 0. The van der Waals surface area contributed by atoms with Crippen molar-refractivity contribution < 1.29 is 4.52 Å². The van der Waals surface area contributed by atoms with Gasteiger partial charge in [-0.3, -0.25) is 0 Å². The lowest BCUT2D eigenvalue weighted by Crippen LogP contribution is -2.44. The molecule has 1 fully saturated rings. The van der Waals surface area contributed by atoms with Gasteiger partial charge in [0.05, 0.1) is 10.4 Å². The Balaban J connectivity index is 0.00000108. The van der Waals surface area contributed by atoms with Gasteiger partial charge in [0.25, 0.3) is 5.89 Å². The molecule has 1 aliphatic rings. The van der Waals surface area contributed by atoms with E-state index in [1.807, 2.05) is 11.4 Å². The third-order valence-corrected chi connectivity index (χ3v) is 4.57. The summed E-state index contributed by atoms with van der Waals surface area (Å²) in [5.74, 6) is 1.20. The van der Waals surface area contributed by atoms with Crippen molar-refractivity contribution in [2.75, 3.05) is 0 Å². The zero-order chi connectivity index (χ0) is 11.2. The summed E-state index contributed by atoms with van der Waals surface area (Å²) in [5, 5.41) is 5.96. The number of hydrogen-bond acceptors (Lipinski definition) is 5. The van der Waals surface area contributed by atoms with Crippen LogP contribution in [0.3, 0.4) is 0 Å². The second-order valence-electron chi connectivity index (χ2n) is 4.06. The third-order valence-electron chi connectivity index (χ3n) is 2.90. The van der Waals surface area contributed by atoms with Gasteiger partial charge in [0, 0.05) is 9.85 Å². The highest BCUT2D eigenvalue weighted by atomic mass is 79.9. The summed E-state index contributed by atoms with van der Waals surface area (Å²) in [6, 6.07) is 1.96. The van der Waals surface area contributed by atoms with Gasteiger partial charge >= 0.3 is 0 Å². The lowest BCUT2D eigenvalue weighted by atomic mass is 9.77. The first-order valence-electron chi connectivity index (χ1n) is 5.05. The second kappa shape index (κ2) is 4.68. The maximum atomic E-state index is 6.13. The molecule has 2 heterocycles. The van der Waals surface area contributed by atoms with Crippen LogP contribution < -0.4 is 5.73 Å². The molecule has 0 saturated heterocycles. The monoisotopic (exact) mass is 335 g/mol. The first kappa shape index (κ1) is 13.0. The van der Waals surface area contributed by atoms with Crippen molar-refractivity contribution >= 4 is 39.7 Å². The van der Waals surface area contributed by atoms with Gasteiger partial charge in [0.2, 0.25) is 0 Å². The molecule has 17 heavy (non-hydrogen) atoms. The summed E-state index contributed by atoms with van der Waals surface area (Å²) in [7, 11) is 0. The molecule has 2 N–H and O–H groups in total. The molecule has 1 saturated carbocycles. The van der Waals surface area contributed by atoms with Crippen LogP contribution in [0.25, 0.3) is 10.8 Å². The van der Waals surface area contributed by atoms with Crippen LogP contribution in [-0.4, -0.2) is 10.1 Å². The average molecular weight is 337 g/mol. The number of thiophene rings is 1. The number of nitrogens with two attached hydrogens (primary N) is 1. The van der Waals surface area contributed by atoms with Crippen LogP contribution >= 0.6 is 39.7 Å². The van der Waals surface area contributed by atoms with Gasteiger partial charge in [-0.15, -0.1) is 23.7 Å². The normalized spacial score (nSPS) is 17.3. The van der Waals surface area contributed by atoms with Gasteiger partial charge in [-0.25, -0.2) is 0 Å². The highest BCUT2D eigenvalue weighted by molar-refractivity contribution is 9.10. The molecule has 0 radical (unpaired) electrons. The summed E-state index contributed by atoms with van der Waals surface area (Å²) < 4.78 is 6.26. The van der Waals surface area contributed by atoms with E-state index in [0.717, 1.165) is 28.6 Å². The van der Waals surface area contributed by atoms with Crippen molar-refractivity contribution in [2.45, 2.75) is 24.8 Å². The van der Waals surface area contributed by atoms with Gasteiger partial charge in [-0.2, -0.15) is 4.98 Å². The van der Waals surface area contributed by atoms with Gasteiger partial charge < -0.3 is 10.3 Å². The first-order chi connectivity index (χ1) is 7.67. The minimum Gasteiger partial charge on any atom is -0.333 e. The molecular weight excluding hydrogens is 326 g/mol. The zero-order valence-electron chi connectivity index (χ0n) is 8.85. The van der Waals surface area contributed by atoms with E-state index < -0.39 is 0 Å². The Morgan fingerprint density at radius 1 is 1.47 bits per heavy atom. The van der Waals surface area contributed by atoms with E-state index in [1.165, 1.54) is 0 Å². The first-order valence-corrected chi connectivity index (χ1v) is 6.72. The van der Waals surface area contributed by atoms with Crippen LogP contribution in [0, 0.1) is 0 Å². The molecule has 2 aromatic heterocycles. The largest absolute Gasteiger partial charge is 0.333 e. The number of nitrogens with zero attached hydrogens (tertiary/aromatic N) is 2. The summed E-state index contributed by atoms with van der Waals surface area (Å²) >= 11 is 4.96. The van der Waals surface area contributed by atoms with E-state index in [4.69, 9.17) is 10.3 Å². The molecule has 1 aliphatic carbocycles. The molecule has 3 rings (SSSR count). The maximum Gasteiger partial charge on any atom is 0.268 e. The van der Waals surface area contributed by atoms with Crippen LogP contribution in [0.1, 0.15) is 25.1 Å². The Morgan fingerprint density at radius 2 is 2.24 bits per heavy atom. The smallest absolute Gasteiger partial charge is 0.268 e. The van der Waals surface area contributed by atoms with Crippen molar-refractivity contribution in [2.24, 2.45) is 5.73 Å². The summed E-state index contributed by atoms with van der Waals surface area (Å²) in [5.41, 5.74) is 5.78. The molecule has 0 amide bonds. The number of halogens is 2. The van der Waals surface area contributed by atoms with Crippen molar-refractivity contribution in [1.29, 1.82) is 0 Å². The fraction of sp³-hybridized carbons (Fsp3) is 0.400. The van der Waals surface area contributed by atoms with Gasteiger partial charge in [-0.1, -0.05) is 5.16 Å². The van der Waals surface area contributed by atoms with E-state index >= 15 is 0 Å². The summed E-state index contributed by atoms with van der Waals surface area (Å²) in [6.07, 6.45) is 3.03. The van der Waals surface area contributed by atoms with Crippen LogP contribution in [0.4, 0.5) is 0 Å². The molecule has 4 nitrogen and oxygen atoms in total. The summed E-state index contributed by atoms with van der Waals surface area (Å²) in [6.45, 7) is 0. The molecular formula is C10H11BrClN3OS. The van der Waals surface area contributed by atoms with Crippen LogP contribution in [-0.2, 0) is 5.54 Å². The second-order valence-corrected chi connectivity index (χ2v) is 5.89. The topological polar surface area (TPSA) is 64.9 Å². The van der Waals surface area contributed by atoms with Crippen molar-refractivity contribution in [3.63, 3.8) is 0 Å². The van der Waals surface area contributed by atoms with E-state index in [9.17, 15) is 0 Å². The van der Waals surface area contributed by atoms with Gasteiger partial charge in [-0.05, 0) is 41.3 Å². The molecule has 0 aliphatic heterocycles. The number of aromatic nitrogens is 2. The third kappa shape index (κ3) is 2.27. The standard InChI is InChI=1S/C10H10BrN3OS.ClH/c11-6-4-7(16-5-6)8-13-9(14-15-8)10(12)2-1-3-10;/h4-5H,1-3,12H2;1H. The zero-order valence-corrected chi connectivity index (χ0v) is 12.1. The molecule has 7 heteroatoms. The quantitative estimate of drug-likeness (QED) is 0.913. The molecule has 0 unspecified atom stereocenters. The molecule has 0 bridgehead atoms. The molecule has 0 spiro atoms. The Kier molecular flexibility index (Phi) is 3.58. The molecule has 0 aromatic carbocycles. The Bertz CT molecular complexity index is 523. The summed E-state index contributed by atoms with van der Waals surface area (Å²) in [4.78, 5) is 5.34. The highest BCUT2D eigenvalue weighted by Gasteiger charge is 2.39.